The van der Waals surface area contributed by atoms with Gasteiger partial charge in [-0.2, -0.15) is 0 Å². The maximum atomic E-state index is 11.3. The molecule has 0 saturated carbocycles. The molecule has 0 aromatic carbocycles. The van der Waals surface area contributed by atoms with Crippen LogP contribution in [0.2, 0.25) is 0 Å². The van der Waals surface area contributed by atoms with E-state index in [0.29, 0.717) is 5.57 Å². The zero-order valence-electron chi connectivity index (χ0n) is 10.4. The summed E-state index contributed by atoms with van der Waals surface area (Å²) in [4.78, 5) is 22.5. The summed E-state index contributed by atoms with van der Waals surface area (Å²) in [6.45, 7) is 6.19. The normalized spacial score (nSPS) is 8.47. The van der Waals surface area contributed by atoms with E-state index in [4.69, 9.17) is 5.11 Å². The van der Waals surface area contributed by atoms with E-state index in [0.717, 1.165) is 6.08 Å². The molecule has 0 aromatic rings. The van der Waals surface area contributed by atoms with Gasteiger partial charge in [-0.15, -0.1) is 0 Å². The average molecular weight is 222 g/mol. The second-order valence-electron chi connectivity index (χ2n) is 2.80. The number of aliphatic hydroxyl groups is 1. The molecular weight excluding hydrogens is 207 g/mol. The molecule has 0 rings (SSSR count). The zero-order valence-corrected chi connectivity index (χ0v) is 11.4. The Morgan fingerprint density at radius 1 is 1.47 bits per heavy atom. The van der Waals surface area contributed by atoms with Gasteiger partial charge in [-0.05, 0) is 19.9 Å². The van der Waals surface area contributed by atoms with E-state index in [1.54, 1.807) is 13.8 Å². The molecule has 0 aliphatic heterocycles. The minimum atomic E-state index is -0.719. The van der Waals surface area contributed by atoms with Crippen LogP contribution < -0.4 is 29.6 Å². The minimum absolute atomic E-state index is 0. The van der Waals surface area contributed by atoms with Gasteiger partial charge >= 0.3 is 35.5 Å². The molecule has 0 heterocycles. The summed E-state index contributed by atoms with van der Waals surface area (Å²) in [5, 5.41) is 8.43. The number of ketones is 1. The minimum Gasteiger partial charge on any atom is -1.00 e. The average Bonchev–Trinajstić information content (AvgIpc) is 2.14. The third kappa shape index (κ3) is 5.89. The number of ether oxygens (including phenoxy) is 1. The summed E-state index contributed by atoms with van der Waals surface area (Å²) in [6, 6.07) is 0. The van der Waals surface area contributed by atoms with Crippen molar-refractivity contribution in [3.63, 3.8) is 0 Å². The van der Waals surface area contributed by atoms with E-state index in [9.17, 15) is 9.59 Å². The van der Waals surface area contributed by atoms with Gasteiger partial charge in [0, 0.05) is 0 Å². The zero-order chi connectivity index (χ0) is 11.1. The van der Waals surface area contributed by atoms with Crippen molar-refractivity contribution < 1.29 is 50.4 Å². The van der Waals surface area contributed by atoms with E-state index in [1.807, 2.05) is 0 Å². The van der Waals surface area contributed by atoms with Crippen molar-refractivity contribution in [3.05, 3.63) is 23.8 Å². The number of allylic oxidation sites excluding steroid dienone is 2. The first-order valence-corrected chi connectivity index (χ1v) is 4.16. The first-order chi connectivity index (χ1) is 6.54. The molecule has 0 spiro atoms. The van der Waals surface area contributed by atoms with Crippen LogP contribution in [0.15, 0.2) is 23.8 Å². The molecule has 0 radical (unpaired) electrons. The van der Waals surface area contributed by atoms with E-state index in [2.05, 4.69) is 11.3 Å². The molecular formula is C10H15NaO4. The number of esters is 1. The van der Waals surface area contributed by atoms with Crippen molar-refractivity contribution in [1.82, 2.24) is 0 Å². The first kappa shape index (κ1) is 17.0. The third-order valence-electron chi connectivity index (χ3n) is 1.46. The predicted molar refractivity (Wildman–Crippen MR) is 52.7 cm³/mol. The Morgan fingerprint density at radius 2 is 2.00 bits per heavy atom. The fourth-order valence-corrected chi connectivity index (χ4v) is 0.864. The van der Waals surface area contributed by atoms with Gasteiger partial charge in [0.1, 0.15) is 12.2 Å². The molecule has 80 valence electrons. The van der Waals surface area contributed by atoms with Gasteiger partial charge in [0.15, 0.2) is 5.78 Å². The van der Waals surface area contributed by atoms with Gasteiger partial charge in [-0.1, -0.05) is 12.2 Å². The number of hydrogen-bond donors (Lipinski definition) is 1. The van der Waals surface area contributed by atoms with Gasteiger partial charge in [0.05, 0.1) is 6.61 Å². The standard InChI is InChI=1S/C10H14O4.Na.H/c1-4-8(12)9(7(2)3)10(13)14-6-5-11;;/h4,11H,1,5-6H2,2-3H3;;/q;+1;-1. The van der Waals surface area contributed by atoms with Crippen molar-refractivity contribution in [2.45, 2.75) is 13.8 Å². The van der Waals surface area contributed by atoms with Crippen LogP contribution in [-0.4, -0.2) is 30.1 Å². The fourth-order valence-electron chi connectivity index (χ4n) is 0.864. The second kappa shape index (κ2) is 8.85. The Kier molecular flexibility index (Phi) is 10.0. The Balaban J connectivity index is -0.000000845. The van der Waals surface area contributed by atoms with Crippen LogP contribution in [0.5, 0.6) is 0 Å². The van der Waals surface area contributed by atoms with Crippen molar-refractivity contribution in [3.8, 4) is 0 Å². The summed E-state index contributed by atoms with van der Waals surface area (Å²) in [5.41, 5.74) is 0.547. The van der Waals surface area contributed by atoms with Gasteiger partial charge in [0.25, 0.3) is 0 Å². The summed E-state index contributed by atoms with van der Waals surface area (Å²) >= 11 is 0. The van der Waals surface area contributed by atoms with Crippen LogP contribution in [0.4, 0.5) is 0 Å². The van der Waals surface area contributed by atoms with E-state index < -0.39 is 11.8 Å². The van der Waals surface area contributed by atoms with Crippen LogP contribution in [-0.2, 0) is 14.3 Å². The molecule has 1 N–H and O–H groups in total. The summed E-state index contributed by atoms with van der Waals surface area (Å²) in [5.74, 6) is -1.18. The van der Waals surface area contributed by atoms with Crippen molar-refractivity contribution >= 4 is 11.8 Å². The van der Waals surface area contributed by atoms with E-state index in [-0.39, 0.29) is 49.8 Å². The van der Waals surface area contributed by atoms with Crippen molar-refractivity contribution in [2.75, 3.05) is 13.2 Å². The van der Waals surface area contributed by atoms with Gasteiger partial charge in [0.2, 0.25) is 0 Å². The van der Waals surface area contributed by atoms with Crippen LogP contribution in [0.25, 0.3) is 0 Å². The Bertz CT molecular complexity index is 283. The number of hydrogen-bond acceptors (Lipinski definition) is 4. The van der Waals surface area contributed by atoms with Gasteiger partial charge in [-0.3, -0.25) is 4.79 Å². The molecule has 0 atom stereocenters. The molecule has 0 aliphatic carbocycles. The smallest absolute Gasteiger partial charge is 1.00 e. The molecule has 0 aromatic heterocycles. The Morgan fingerprint density at radius 3 is 2.33 bits per heavy atom. The summed E-state index contributed by atoms with van der Waals surface area (Å²) < 4.78 is 4.62. The van der Waals surface area contributed by atoms with Gasteiger partial charge in [-0.25, -0.2) is 4.79 Å². The molecule has 5 heteroatoms. The Labute approximate surface area is 113 Å². The predicted octanol–water partition coefficient (Wildman–Crippen LogP) is -2.27. The molecule has 0 saturated heterocycles. The van der Waals surface area contributed by atoms with Crippen LogP contribution >= 0.6 is 0 Å². The van der Waals surface area contributed by atoms with E-state index >= 15 is 0 Å². The van der Waals surface area contributed by atoms with Gasteiger partial charge < -0.3 is 11.3 Å². The van der Waals surface area contributed by atoms with Crippen LogP contribution in [0, 0.1) is 0 Å². The molecule has 15 heavy (non-hydrogen) atoms. The number of aliphatic hydroxyl groups excluding tert-OH is 1. The van der Waals surface area contributed by atoms with Crippen LogP contribution in [0.3, 0.4) is 0 Å². The van der Waals surface area contributed by atoms with E-state index in [1.165, 1.54) is 0 Å². The first-order valence-electron chi connectivity index (χ1n) is 4.16. The molecule has 4 nitrogen and oxygen atoms in total. The number of rotatable bonds is 5. The monoisotopic (exact) mass is 222 g/mol. The number of carbonyl (C=O) groups excluding carboxylic acids is 2. The maximum absolute atomic E-state index is 11.3. The molecule has 0 amide bonds. The van der Waals surface area contributed by atoms with Crippen LogP contribution in [0.1, 0.15) is 15.3 Å². The SMILES string of the molecule is C=CC(=O)C(C(=O)OCCO)=C(C)C.[H-].[Na+]. The second-order valence-corrected chi connectivity index (χ2v) is 2.80. The Hall–Kier alpha value is -0.420. The fraction of sp³-hybridized carbons (Fsp3) is 0.400. The molecule has 0 unspecified atom stereocenters. The number of carbonyl (C=O) groups is 2. The quantitative estimate of drug-likeness (QED) is 0.187. The third-order valence-corrected chi connectivity index (χ3v) is 1.46. The maximum Gasteiger partial charge on any atom is 1.00 e. The molecule has 0 aliphatic rings. The van der Waals surface area contributed by atoms with Crippen molar-refractivity contribution in [2.24, 2.45) is 0 Å². The largest absolute Gasteiger partial charge is 1.00 e. The topological polar surface area (TPSA) is 63.6 Å². The summed E-state index contributed by atoms with van der Waals surface area (Å²) in [6.07, 6.45) is 1.06. The molecule has 0 fully saturated rings. The van der Waals surface area contributed by atoms with Crippen molar-refractivity contribution in [1.29, 1.82) is 0 Å². The summed E-state index contributed by atoms with van der Waals surface area (Å²) in [7, 11) is 0. The molecule has 0 bridgehead atoms.